The van der Waals surface area contributed by atoms with Gasteiger partial charge in [0.2, 0.25) is 5.91 Å². The van der Waals surface area contributed by atoms with Crippen LogP contribution in [0.3, 0.4) is 0 Å². The molecule has 0 radical (unpaired) electrons. The fourth-order valence-corrected chi connectivity index (χ4v) is 3.42. The van der Waals surface area contributed by atoms with Crippen molar-refractivity contribution in [1.29, 1.82) is 0 Å². The van der Waals surface area contributed by atoms with Gasteiger partial charge in [0.25, 0.3) is 0 Å². The first-order valence-electron chi connectivity index (χ1n) is 6.84. The molecule has 0 aliphatic heterocycles. The standard InChI is InChI=1S/C17H17Cl2NOS/c1-11-3-6-16(12(2)7-11)20-17(21)10-22-9-13-4-5-14(18)8-15(13)19/h3-8H,9-10H2,1-2H3,(H,20,21). The van der Waals surface area contributed by atoms with Gasteiger partial charge in [-0.2, -0.15) is 0 Å². The number of halogens is 2. The third-order valence-electron chi connectivity index (χ3n) is 3.16. The van der Waals surface area contributed by atoms with Gasteiger partial charge in [-0.1, -0.05) is 47.0 Å². The molecular weight excluding hydrogens is 337 g/mol. The van der Waals surface area contributed by atoms with Crippen LogP contribution in [0.15, 0.2) is 36.4 Å². The first kappa shape index (κ1) is 17.2. The monoisotopic (exact) mass is 353 g/mol. The van der Waals surface area contributed by atoms with Gasteiger partial charge in [-0.15, -0.1) is 11.8 Å². The summed E-state index contributed by atoms with van der Waals surface area (Å²) in [7, 11) is 0. The number of aryl methyl sites for hydroxylation is 2. The Bertz CT molecular complexity index is 688. The number of carbonyl (C=O) groups is 1. The van der Waals surface area contributed by atoms with E-state index in [9.17, 15) is 4.79 Å². The lowest BCUT2D eigenvalue weighted by molar-refractivity contribution is -0.113. The number of amides is 1. The highest BCUT2D eigenvalue weighted by atomic mass is 35.5. The van der Waals surface area contributed by atoms with Gasteiger partial charge in [-0.25, -0.2) is 0 Å². The molecule has 5 heteroatoms. The third-order valence-corrected chi connectivity index (χ3v) is 4.73. The van der Waals surface area contributed by atoms with E-state index in [0.717, 1.165) is 16.8 Å². The molecule has 0 spiro atoms. The minimum atomic E-state index is -0.0120. The average Bonchev–Trinajstić information content (AvgIpc) is 2.44. The van der Waals surface area contributed by atoms with Gasteiger partial charge in [0.1, 0.15) is 0 Å². The van der Waals surface area contributed by atoms with Gasteiger partial charge >= 0.3 is 0 Å². The van der Waals surface area contributed by atoms with E-state index in [1.807, 2.05) is 32.0 Å². The molecule has 2 aromatic rings. The summed E-state index contributed by atoms with van der Waals surface area (Å²) in [5.41, 5.74) is 4.09. The predicted molar refractivity (Wildman–Crippen MR) is 97.2 cm³/mol. The second-order valence-corrected chi connectivity index (χ2v) is 6.92. The van der Waals surface area contributed by atoms with Crippen molar-refractivity contribution in [2.75, 3.05) is 11.1 Å². The number of rotatable bonds is 5. The number of nitrogens with one attached hydrogen (secondary N) is 1. The number of carbonyl (C=O) groups excluding carboxylic acids is 1. The van der Waals surface area contributed by atoms with E-state index in [4.69, 9.17) is 23.2 Å². The summed E-state index contributed by atoms with van der Waals surface area (Å²) in [6.07, 6.45) is 0. The van der Waals surface area contributed by atoms with E-state index in [0.29, 0.717) is 21.6 Å². The van der Waals surface area contributed by atoms with E-state index in [2.05, 4.69) is 11.4 Å². The molecular formula is C17H17Cl2NOS. The van der Waals surface area contributed by atoms with Crippen molar-refractivity contribution in [3.05, 3.63) is 63.1 Å². The number of benzene rings is 2. The molecule has 0 heterocycles. The molecule has 0 aliphatic carbocycles. The minimum absolute atomic E-state index is 0.0120. The summed E-state index contributed by atoms with van der Waals surface area (Å²) in [5, 5.41) is 4.18. The lowest BCUT2D eigenvalue weighted by Crippen LogP contribution is -2.15. The summed E-state index contributed by atoms with van der Waals surface area (Å²) in [4.78, 5) is 12.0. The van der Waals surface area contributed by atoms with Gasteiger partial charge in [-0.05, 0) is 43.2 Å². The molecule has 0 saturated carbocycles. The molecule has 2 aromatic carbocycles. The molecule has 2 nitrogen and oxygen atoms in total. The topological polar surface area (TPSA) is 29.1 Å². The van der Waals surface area contributed by atoms with Crippen LogP contribution < -0.4 is 5.32 Å². The molecule has 0 atom stereocenters. The first-order valence-corrected chi connectivity index (χ1v) is 8.75. The van der Waals surface area contributed by atoms with Crippen LogP contribution in [-0.4, -0.2) is 11.7 Å². The molecule has 116 valence electrons. The van der Waals surface area contributed by atoms with Crippen LogP contribution in [0.4, 0.5) is 5.69 Å². The number of hydrogen-bond acceptors (Lipinski definition) is 2. The van der Waals surface area contributed by atoms with Crippen molar-refractivity contribution in [3.8, 4) is 0 Å². The fraction of sp³-hybridized carbons (Fsp3) is 0.235. The summed E-state index contributed by atoms with van der Waals surface area (Å²) < 4.78 is 0. The second kappa shape index (κ2) is 7.91. The Morgan fingerprint density at radius 3 is 2.59 bits per heavy atom. The maximum absolute atomic E-state index is 12.0. The van der Waals surface area contributed by atoms with Crippen LogP contribution in [0.2, 0.25) is 10.0 Å². The van der Waals surface area contributed by atoms with E-state index >= 15 is 0 Å². The summed E-state index contributed by atoms with van der Waals surface area (Å²) >= 11 is 13.5. The molecule has 1 N–H and O–H groups in total. The van der Waals surface area contributed by atoms with Gasteiger partial charge in [0.15, 0.2) is 0 Å². The molecule has 2 rings (SSSR count). The normalized spacial score (nSPS) is 10.5. The molecule has 0 fully saturated rings. The summed E-state index contributed by atoms with van der Waals surface area (Å²) in [5.74, 6) is 1.05. The van der Waals surface area contributed by atoms with Crippen molar-refractivity contribution in [2.24, 2.45) is 0 Å². The lowest BCUT2D eigenvalue weighted by Gasteiger charge is -2.09. The Morgan fingerprint density at radius 1 is 1.14 bits per heavy atom. The second-order valence-electron chi connectivity index (χ2n) is 5.10. The van der Waals surface area contributed by atoms with Gasteiger partial charge in [0, 0.05) is 21.5 Å². The number of thioether (sulfide) groups is 1. The summed E-state index contributed by atoms with van der Waals surface area (Å²) in [6.45, 7) is 4.02. The first-order chi connectivity index (χ1) is 10.5. The largest absolute Gasteiger partial charge is 0.325 e. The fourth-order valence-electron chi connectivity index (χ4n) is 2.03. The van der Waals surface area contributed by atoms with Crippen LogP contribution in [0.5, 0.6) is 0 Å². The van der Waals surface area contributed by atoms with Gasteiger partial charge in [0.05, 0.1) is 5.75 Å². The maximum atomic E-state index is 12.0. The smallest absolute Gasteiger partial charge is 0.234 e. The molecule has 0 bridgehead atoms. The number of anilines is 1. The van der Waals surface area contributed by atoms with Crippen LogP contribution >= 0.6 is 35.0 Å². The Balaban J connectivity index is 1.85. The highest BCUT2D eigenvalue weighted by molar-refractivity contribution is 7.99. The van der Waals surface area contributed by atoms with E-state index in [1.54, 1.807) is 12.1 Å². The molecule has 0 saturated heterocycles. The highest BCUT2D eigenvalue weighted by Gasteiger charge is 2.07. The van der Waals surface area contributed by atoms with Crippen LogP contribution in [0, 0.1) is 13.8 Å². The van der Waals surface area contributed by atoms with Gasteiger partial charge in [-0.3, -0.25) is 4.79 Å². The zero-order valence-corrected chi connectivity index (χ0v) is 14.8. The van der Waals surface area contributed by atoms with Gasteiger partial charge < -0.3 is 5.32 Å². The molecule has 22 heavy (non-hydrogen) atoms. The average molecular weight is 354 g/mol. The van der Waals surface area contributed by atoms with E-state index < -0.39 is 0 Å². The van der Waals surface area contributed by atoms with Crippen molar-refractivity contribution < 1.29 is 4.79 Å². The van der Waals surface area contributed by atoms with Crippen LogP contribution in [0.25, 0.3) is 0 Å². The molecule has 0 aromatic heterocycles. The molecule has 0 unspecified atom stereocenters. The lowest BCUT2D eigenvalue weighted by atomic mass is 10.1. The zero-order chi connectivity index (χ0) is 16.1. The highest BCUT2D eigenvalue weighted by Crippen LogP contribution is 2.25. The van der Waals surface area contributed by atoms with Crippen LogP contribution in [-0.2, 0) is 10.5 Å². The minimum Gasteiger partial charge on any atom is -0.325 e. The zero-order valence-electron chi connectivity index (χ0n) is 12.5. The van der Waals surface area contributed by atoms with E-state index in [1.165, 1.54) is 17.3 Å². The predicted octanol–water partition coefficient (Wildman–Crippen LogP) is 5.48. The Kier molecular flexibility index (Phi) is 6.18. The SMILES string of the molecule is Cc1ccc(NC(=O)CSCc2ccc(Cl)cc2Cl)c(C)c1. The Labute approximate surface area is 145 Å². The summed E-state index contributed by atoms with van der Waals surface area (Å²) in [6, 6.07) is 11.4. The quantitative estimate of drug-likeness (QED) is 0.770. The van der Waals surface area contributed by atoms with Crippen molar-refractivity contribution in [3.63, 3.8) is 0 Å². The van der Waals surface area contributed by atoms with Crippen molar-refractivity contribution in [2.45, 2.75) is 19.6 Å². The maximum Gasteiger partial charge on any atom is 0.234 e. The van der Waals surface area contributed by atoms with Crippen molar-refractivity contribution in [1.82, 2.24) is 0 Å². The van der Waals surface area contributed by atoms with E-state index in [-0.39, 0.29) is 5.91 Å². The van der Waals surface area contributed by atoms with Crippen molar-refractivity contribution >= 4 is 46.6 Å². The molecule has 1 amide bonds. The Morgan fingerprint density at radius 2 is 1.91 bits per heavy atom. The molecule has 0 aliphatic rings. The van der Waals surface area contributed by atoms with Crippen LogP contribution in [0.1, 0.15) is 16.7 Å². The number of hydrogen-bond donors (Lipinski definition) is 1. The Hall–Kier alpha value is -1.16. The third kappa shape index (κ3) is 4.94.